The fourth-order valence-electron chi connectivity index (χ4n) is 1.46. The van der Waals surface area contributed by atoms with Crippen LogP contribution in [0, 0.1) is 10.8 Å². The number of nitrogens with one attached hydrogen (secondary N) is 4. The van der Waals surface area contributed by atoms with E-state index >= 15 is 0 Å². The van der Waals surface area contributed by atoms with Crippen molar-refractivity contribution in [3.63, 3.8) is 0 Å². The van der Waals surface area contributed by atoms with Crippen molar-refractivity contribution >= 4 is 28.8 Å². The summed E-state index contributed by atoms with van der Waals surface area (Å²) in [7, 11) is 0. The summed E-state index contributed by atoms with van der Waals surface area (Å²) in [5.41, 5.74) is 10.2. The Balaban J connectivity index is 1.97. The molecule has 0 saturated carbocycles. The molecule has 0 saturated heterocycles. The molecule has 2 rings (SSSR count). The average Bonchev–Trinajstić information content (AvgIpc) is 2.40. The minimum Gasteiger partial charge on any atom is -0.397 e. The van der Waals surface area contributed by atoms with Gasteiger partial charge in [-0.2, -0.15) is 5.10 Å². The first-order chi connectivity index (χ1) is 9.16. The van der Waals surface area contributed by atoms with Crippen LogP contribution in [0.25, 0.3) is 0 Å². The van der Waals surface area contributed by atoms with Crippen molar-refractivity contribution in [1.29, 1.82) is 10.8 Å². The third-order valence-electron chi connectivity index (χ3n) is 2.41. The lowest BCUT2D eigenvalue weighted by Crippen LogP contribution is -2.28. The summed E-state index contributed by atoms with van der Waals surface area (Å²) in [5.74, 6) is -0.0128. The Morgan fingerprint density at radius 2 is 1.89 bits per heavy atom. The molecule has 0 amide bonds. The Morgan fingerprint density at radius 3 is 2.63 bits per heavy atom. The van der Waals surface area contributed by atoms with Crippen LogP contribution >= 0.6 is 0 Å². The molecule has 1 aliphatic rings. The number of para-hydroxylation sites is 2. The van der Waals surface area contributed by atoms with Crippen LogP contribution < -0.4 is 16.5 Å². The molecule has 6 nitrogen and oxygen atoms in total. The first-order valence-electron chi connectivity index (χ1n) is 5.64. The van der Waals surface area contributed by atoms with E-state index in [4.69, 9.17) is 16.6 Å². The number of hydrogen-bond donors (Lipinski definition) is 5. The van der Waals surface area contributed by atoms with Crippen LogP contribution in [0.5, 0.6) is 0 Å². The van der Waals surface area contributed by atoms with E-state index in [0.29, 0.717) is 22.8 Å². The quantitative estimate of drug-likeness (QED) is 0.182. The molecule has 0 radical (unpaired) electrons. The number of nitrogens with two attached hydrogens (primary N) is 1. The molecule has 1 aliphatic carbocycles. The molecule has 0 bridgehead atoms. The normalized spacial score (nSPS) is 15.6. The smallest absolute Gasteiger partial charge is 0.213 e. The van der Waals surface area contributed by atoms with Crippen molar-refractivity contribution in [1.82, 2.24) is 5.43 Å². The predicted octanol–water partition coefficient (Wildman–Crippen LogP) is 1.71. The number of hydrazone groups is 1. The van der Waals surface area contributed by atoms with Gasteiger partial charge in [-0.05, 0) is 24.3 Å². The van der Waals surface area contributed by atoms with E-state index in [9.17, 15) is 0 Å². The molecule has 0 fully saturated rings. The van der Waals surface area contributed by atoms with Gasteiger partial charge < -0.3 is 11.1 Å². The topological polar surface area (TPSA) is 110 Å². The number of nitrogens with zero attached hydrogens (tertiary/aromatic N) is 1. The number of rotatable bonds is 2. The lowest BCUT2D eigenvalue weighted by molar-refractivity contribution is 1.01. The Morgan fingerprint density at radius 1 is 1.16 bits per heavy atom. The van der Waals surface area contributed by atoms with Crippen molar-refractivity contribution in [3.8, 4) is 0 Å². The van der Waals surface area contributed by atoms with Gasteiger partial charge in [0.15, 0.2) is 0 Å². The van der Waals surface area contributed by atoms with Gasteiger partial charge in [-0.15, -0.1) is 0 Å². The molecule has 6 heteroatoms. The first kappa shape index (κ1) is 12.6. The molecule has 6 N–H and O–H groups in total. The number of allylic oxidation sites excluding steroid dienone is 4. The Kier molecular flexibility index (Phi) is 3.72. The highest BCUT2D eigenvalue weighted by Crippen LogP contribution is 2.15. The second-order valence-electron chi connectivity index (χ2n) is 3.83. The molecule has 1 aromatic carbocycles. The summed E-state index contributed by atoms with van der Waals surface area (Å²) in [4.78, 5) is 0. The van der Waals surface area contributed by atoms with E-state index in [1.54, 1.807) is 36.4 Å². The maximum atomic E-state index is 7.71. The summed E-state index contributed by atoms with van der Waals surface area (Å²) in [6, 6.07) is 7.15. The first-order valence-corrected chi connectivity index (χ1v) is 5.64. The minimum atomic E-state index is -0.0128. The average molecular weight is 254 g/mol. The van der Waals surface area contributed by atoms with Crippen molar-refractivity contribution in [2.24, 2.45) is 5.10 Å². The van der Waals surface area contributed by atoms with Crippen LogP contribution in [0.2, 0.25) is 0 Å². The highest BCUT2D eigenvalue weighted by Gasteiger charge is 2.04. The molecule has 19 heavy (non-hydrogen) atoms. The highest BCUT2D eigenvalue weighted by molar-refractivity contribution is 6.50. The summed E-state index contributed by atoms with van der Waals surface area (Å²) in [6.07, 6.45) is 6.87. The maximum Gasteiger partial charge on any atom is 0.213 e. The standard InChI is InChI=1S/C13H14N6/c14-9-5-1-3-7-11(9)17-13(16)19-18-12-8-4-2-6-10(12)15/h1-8,15H,14H2,(H3,16,17,19)/b15-10?,18-12-. The van der Waals surface area contributed by atoms with Crippen LogP contribution in [0.15, 0.2) is 53.7 Å². The zero-order valence-electron chi connectivity index (χ0n) is 10.1. The zero-order chi connectivity index (χ0) is 13.7. The maximum absolute atomic E-state index is 7.71. The van der Waals surface area contributed by atoms with Gasteiger partial charge in [0.05, 0.1) is 17.1 Å². The lowest BCUT2D eigenvalue weighted by Gasteiger charge is -2.10. The Labute approximate surface area is 110 Å². The Bertz CT molecular complexity index is 597. The SMILES string of the molecule is N=C(N/N=C1/C=CC=CC1=N)Nc1ccccc1N. The zero-order valence-corrected chi connectivity index (χ0v) is 10.1. The number of guanidine groups is 1. The molecular formula is C13H14N6. The summed E-state index contributed by atoms with van der Waals surface area (Å²) in [6.45, 7) is 0. The molecule has 0 spiro atoms. The number of benzene rings is 1. The largest absolute Gasteiger partial charge is 0.397 e. The number of hydrogen-bond acceptors (Lipinski definition) is 4. The highest BCUT2D eigenvalue weighted by atomic mass is 15.4. The molecule has 0 atom stereocenters. The summed E-state index contributed by atoms with van der Waals surface area (Å²) < 4.78 is 0. The van der Waals surface area contributed by atoms with Crippen molar-refractivity contribution in [2.45, 2.75) is 0 Å². The van der Waals surface area contributed by atoms with Gasteiger partial charge in [0, 0.05) is 0 Å². The van der Waals surface area contributed by atoms with Crippen molar-refractivity contribution in [2.75, 3.05) is 11.1 Å². The lowest BCUT2D eigenvalue weighted by atomic mass is 10.1. The van der Waals surface area contributed by atoms with Crippen LogP contribution in [0.3, 0.4) is 0 Å². The third kappa shape index (κ3) is 3.29. The van der Waals surface area contributed by atoms with Gasteiger partial charge in [-0.3, -0.25) is 10.8 Å². The number of nitrogen functional groups attached to an aromatic ring is 1. The van der Waals surface area contributed by atoms with Crippen LogP contribution in [-0.2, 0) is 0 Å². The van der Waals surface area contributed by atoms with Gasteiger partial charge in [0.1, 0.15) is 5.71 Å². The fraction of sp³-hybridized carbons (Fsp3) is 0. The van der Waals surface area contributed by atoms with E-state index in [2.05, 4.69) is 15.8 Å². The van der Waals surface area contributed by atoms with Gasteiger partial charge in [-0.25, -0.2) is 5.43 Å². The van der Waals surface area contributed by atoms with Gasteiger partial charge in [0.25, 0.3) is 0 Å². The van der Waals surface area contributed by atoms with Gasteiger partial charge >= 0.3 is 0 Å². The molecule has 0 unspecified atom stereocenters. The molecule has 0 aliphatic heterocycles. The van der Waals surface area contributed by atoms with Crippen LogP contribution in [0.1, 0.15) is 0 Å². The second kappa shape index (κ2) is 5.63. The molecule has 0 heterocycles. The molecular weight excluding hydrogens is 240 g/mol. The third-order valence-corrected chi connectivity index (χ3v) is 2.41. The van der Waals surface area contributed by atoms with E-state index < -0.39 is 0 Å². The van der Waals surface area contributed by atoms with Crippen molar-refractivity contribution in [3.05, 3.63) is 48.6 Å². The fourth-order valence-corrected chi connectivity index (χ4v) is 1.46. The minimum absolute atomic E-state index is 0.0128. The van der Waals surface area contributed by atoms with E-state index in [1.807, 2.05) is 12.1 Å². The van der Waals surface area contributed by atoms with E-state index in [-0.39, 0.29) is 5.96 Å². The number of anilines is 2. The van der Waals surface area contributed by atoms with Crippen molar-refractivity contribution < 1.29 is 0 Å². The monoisotopic (exact) mass is 254 g/mol. The molecule has 96 valence electrons. The summed E-state index contributed by atoms with van der Waals surface area (Å²) in [5, 5.41) is 22.1. The van der Waals surface area contributed by atoms with Crippen LogP contribution in [-0.4, -0.2) is 17.4 Å². The van der Waals surface area contributed by atoms with Gasteiger partial charge in [0.2, 0.25) is 5.96 Å². The van der Waals surface area contributed by atoms with E-state index in [1.165, 1.54) is 0 Å². The summed E-state index contributed by atoms with van der Waals surface area (Å²) >= 11 is 0. The predicted molar refractivity (Wildman–Crippen MR) is 78.8 cm³/mol. The van der Waals surface area contributed by atoms with E-state index in [0.717, 1.165) is 0 Å². The second-order valence-corrected chi connectivity index (χ2v) is 3.83. The Hall–Kier alpha value is -2.89. The van der Waals surface area contributed by atoms with Gasteiger partial charge in [-0.1, -0.05) is 24.3 Å². The van der Waals surface area contributed by atoms with Crippen LogP contribution in [0.4, 0.5) is 11.4 Å². The molecule has 0 aromatic heterocycles. The molecule has 1 aromatic rings.